The van der Waals surface area contributed by atoms with Gasteiger partial charge in [0.25, 0.3) is 5.91 Å². The summed E-state index contributed by atoms with van der Waals surface area (Å²) in [6.45, 7) is 1.68. The third kappa shape index (κ3) is 5.17. The standard InChI is InChI=1S/C16H22N2O6/c1-22-7-8-24-13-9-11(4-5-17-13)15(19)18-14(16(20)21)12-3-2-6-23-10-12/h4-5,9,12,14H,2-3,6-8,10H2,1H3,(H,18,19)(H,20,21). The number of nitrogens with zero attached hydrogens (tertiary/aromatic N) is 1. The van der Waals surface area contributed by atoms with Crippen molar-refractivity contribution in [3.05, 3.63) is 23.9 Å². The first kappa shape index (κ1) is 18.2. The van der Waals surface area contributed by atoms with Crippen molar-refractivity contribution in [2.45, 2.75) is 18.9 Å². The topological polar surface area (TPSA) is 107 Å². The first-order valence-corrected chi connectivity index (χ1v) is 7.81. The van der Waals surface area contributed by atoms with Crippen LogP contribution in [0.25, 0.3) is 0 Å². The Bertz CT molecular complexity index is 559. The van der Waals surface area contributed by atoms with Crippen molar-refractivity contribution in [2.75, 3.05) is 33.5 Å². The molecule has 2 heterocycles. The monoisotopic (exact) mass is 338 g/mol. The minimum Gasteiger partial charge on any atom is -0.480 e. The van der Waals surface area contributed by atoms with E-state index >= 15 is 0 Å². The van der Waals surface area contributed by atoms with Crippen molar-refractivity contribution in [2.24, 2.45) is 5.92 Å². The Kier molecular flexibility index (Phi) is 6.95. The molecule has 8 heteroatoms. The molecule has 0 spiro atoms. The number of amides is 1. The van der Waals surface area contributed by atoms with E-state index in [1.807, 2.05) is 0 Å². The highest BCUT2D eigenvalue weighted by Gasteiger charge is 2.31. The number of carbonyl (C=O) groups is 2. The van der Waals surface area contributed by atoms with Gasteiger partial charge in [0.2, 0.25) is 5.88 Å². The van der Waals surface area contributed by atoms with Crippen molar-refractivity contribution < 1.29 is 28.9 Å². The molecule has 0 saturated carbocycles. The molecule has 2 unspecified atom stereocenters. The number of nitrogens with one attached hydrogen (secondary N) is 1. The third-order valence-corrected chi connectivity index (χ3v) is 3.75. The predicted octanol–water partition coefficient (Wildman–Crippen LogP) is 0.716. The molecule has 24 heavy (non-hydrogen) atoms. The number of carboxylic acids is 1. The molecule has 0 radical (unpaired) electrons. The summed E-state index contributed by atoms with van der Waals surface area (Å²) in [4.78, 5) is 27.9. The van der Waals surface area contributed by atoms with Gasteiger partial charge in [0.1, 0.15) is 12.6 Å². The van der Waals surface area contributed by atoms with Gasteiger partial charge in [0.15, 0.2) is 0 Å². The summed E-state index contributed by atoms with van der Waals surface area (Å²) >= 11 is 0. The second-order valence-corrected chi connectivity index (χ2v) is 5.49. The molecular formula is C16H22N2O6. The van der Waals surface area contributed by atoms with Gasteiger partial charge in [-0.05, 0) is 18.9 Å². The number of rotatable bonds is 8. The number of aromatic nitrogens is 1. The Hall–Kier alpha value is -2.19. The largest absolute Gasteiger partial charge is 0.480 e. The maximum absolute atomic E-state index is 12.4. The van der Waals surface area contributed by atoms with E-state index in [0.29, 0.717) is 38.4 Å². The summed E-state index contributed by atoms with van der Waals surface area (Å²) in [5.41, 5.74) is 0.292. The van der Waals surface area contributed by atoms with Crippen LogP contribution in [0.3, 0.4) is 0 Å². The molecule has 8 nitrogen and oxygen atoms in total. The maximum Gasteiger partial charge on any atom is 0.326 e. The van der Waals surface area contributed by atoms with Crippen LogP contribution < -0.4 is 10.1 Å². The molecule has 1 aliphatic rings. The van der Waals surface area contributed by atoms with Gasteiger partial charge in [-0.1, -0.05) is 0 Å². The number of hydrogen-bond acceptors (Lipinski definition) is 6. The van der Waals surface area contributed by atoms with E-state index in [1.165, 1.54) is 18.3 Å². The highest BCUT2D eigenvalue weighted by Crippen LogP contribution is 2.18. The van der Waals surface area contributed by atoms with Crippen LogP contribution in [0.4, 0.5) is 0 Å². The highest BCUT2D eigenvalue weighted by molar-refractivity contribution is 5.96. The van der Waals surface area contributed by atoms with Crippen molar-refractivity contribution in [3.8, 4) is 5.88 Å². The minimum atomic E-state index is -1.07. The van der Waals surface area contributed by atoms with E-state index in [1.54, 1.807) is 7.11 Å². The quantitative estimate of drug-likeness (QED) is 0.672. The Morgan fingerprint density at radius 1 is 1.50 bits per heavy atom. The molecule has 1 aliphatic heterocycles. The summed E-state index contributed by atoms with van der Waals surface area (Å²) in [7, 11) is 1.56. The lowest BCUT2D eigenvalue weighted by Crippen LogP contribution is -2.48. The molecule has 2 atom stereocenters. The minimum absolute atomic E-state index is 0.237. The van der Waals surface area contributed by atoms with Crippen LogP contribution >= 0.6 is 0 Å². The Morgan fingerprint density at radius 3 is 3.00 bits per heavy atom. The van der Waals surface area contributed by atoms with Crippen LogP contribution in [0.2, 0.25) is 0 Å². The Morgan fingerprint density at radius 2 is 2.33 bits per heavy atom. The highest BCUT2D eigenvalue weighted by atomic mass is 16.5. The molecule has 1 aromatic rings. The summed E-state index contributed by atoms with van der Waals surface area (Å²) in [5, 5.41) is 12.0. The number of carboxylic acid groups (broad SMARTS) is 1. The zero-order chi connectivity index (χ0) is 17.4. The zero-order valence-electron chi connectivity index (χ0n) is 13.6. The number of pyridine rings is 1. The van der Waals surface area contributed by atoms with E-state index in [4.69, 9.17) is 14.2 Å². The smallest absolute Gasteiger partial charge is 0.326 e. The lowest BCUT2D eigenvalue weighted by Gasteiger charge is -2.28. The average molecular weight is 338 g/mol. The van der Waals surface area contributed by atoms with E-state index in [9.17, 15) is 14.7 Å². The molecule has 0 bridgehead atoms. The van der Waals surface area contributed by atoms with Gasteiger partial charge in [0, 0.05) is 37.5 Å². The second-order valence-electron chi connectivity index (χ2n) is 5.49. The zero-order valence-corrected chi connectivity index (χ0v) is 13.6. The van der Waals surface area contributed by atoms with Crippen LogP contribution in [-0.4, -0.2) is 61.5 Å². The van der Waals surface area contributed by atoms with E-state index in [2.05, 4.69) is 10.3 Å². The summed E-state index contributed by atoms with van der Waals surface area (Å²) in [5.74, 6) is -1.50. The first-order valence-electron chi connectivity index (χ1n) is 7.81. The lowest BCUT2D eigenvalue weighted by atomic mass is 9.93. The molecule has 1 fully saturated rings. The normalized spacial score (nSPS) is 18.6. The van der Waals surface area contributed by atoms with E-state index in [0.717, 1.165) is 6.42 Å². The van der Waals surface area contributed by atoms with Gasteiger partial charge in [-0.15, -0.1) is 0 Å². The van der Waals surface area contributed by atoms with Crippen LogP contribution in [0.15, 0.2) is 18.3 Å². The summed E-state index contributed by atoms with van der Waals surface area (Å²) < 4.78 is 15.5. The average Bonchev–Trinajstić information content (AvgIpc) is 2.60. The molecule has 1 amide bonds. The summed E-state index contributed by atoms with van der Waals surface area (Å²) in [6.07, 6.45) is 2.94. The van der Waals surface area contributed by atoms with Gasteiger partial charge in [-0.25, -0.2) is 9.78 Å². The Labute approximate surface area is 140 Å². The van der Waals surface area contributed by atoms with Crippen LogP contribution in [0, 0.1) is 5.92 Å². The molecule has 2 N–H and O–H groups in total. The summed E-state index contributed by atoms with van der Waals surface area (Å²) in [6, 6.07) is 2.00. The maximum atomic E-state index is 12.4. The van der Waals surface area contributed by atoms with Crippen LogP contribution in [0.1, 0.15) is 23.2 Å². The number of carbonyl (C=O) groups excluding carboxylic acids is 1. The SMILES string of the molecule is COCCOc1cc(C(=O)NC(C(=O)O)C2CCCOC2)ccn1. The Balaban J connectivity index is 2.01. The van der Waals surface area contributed by atoms with Gasteiger partial charge >= 0.3 is 5.97 Å². The molecule has 1 aromatic heterocycles. The van der Waals surface area contributed by atoms with Gasteiger partial charge < -0.3 is 24.6 Å². The van der Waals surface area contributed by atoms with Crippen molar-refractivity contribution in [1.29, 1.82) is 0 Å². The number of aliphatic carboxylic acids is 1. The van der Waals surface area contributed by atoms with E-state index in [-0.39, 0.29) is 11.8 Å². The first-order chi connectivity index (χ1) is 11.6. The fourth-order valence-electron chi connectivity index (χ4n) is 2.49. The predicted molar refractivity (Wildman–Crippen MR) is 84.0 cm³/mol. The van der Waals surface area contributed by atoms with Gasteiger partial charge in [0.05, 0.1) is 13.2 Å². The molecule has 1 saturated heterocycles. The van der Waals surface area contributed by atoms with Crippen LogP contribution in [0.5, 0.6) is 5.88 Å². The number of hydrogen-bond donors (Lipinski definition) is 2. The number of ether oxygens (including phenoxy) is 3. The second kappa shape index (κ2) is 9.19. The van der Waals surface area contributed by atoms with Gasteiger partial charge in [-0.3, -0.25) is 4.79 Å². The van der Waals surface area contributed by atoms with E-state index < -0.39 is 17.9 Å². The third-order valence-electron chi connectivity index (χ3n) is 3.75. The van der Waals surface area contributed by atoms with Gasteiger partial charge in [-0.2, -0.15) is 0 Å². The molecule has 0 aromatic carbocycles. The van der Waals surface area contributed by atoms with Crippen molar-refractivity contribution in [3.63, 3.8) is 0 Å². The molecule has 0 aliphatic carbocycles. The molecule has 2 rings (SSSR count). The number of methoxy groups -OCH3 is 1. The van der Waals surface area contributed by atoms with Crippen molar-refractivity contribution >= 4 is 11.9 Å². The fraction of sp³-hybridized carbons (Fsp3) is 0.562. The van der Waals surface area contributed by atoms with Crippen molar-refractivity contribution in [1.82, 2.24) is 10.3 Å². The molecular weight excluding hydrogens is 316 g/mol. The molecule has 132 valence electrons. The fourth-order valence-corrected chi connectivity index (χ4v) is 2.49. The van der Waals surface area contributed by atoms with Crippen LogP contribution in [-0.2, 0) is 14.3 Å². The lowest BCUT2D eigenvalue weighted by molar-refractivity contribution is -0.142.